The van der Waals surface area contributed by atoms with Gasteiger partial charge in [0.15, 0.2) is 0 Å². The average molecular weight is 350 g/mol. The molecular weight excluding hydrogens is 328 g/mol. The summed E-state index contributed by atoms with van der Waals surface area (Å²) >= 11 is 0. The number of hydrogen-bond acceptors (Lipinski definition) is 4. The Morgan fingerprint density at radius 2 is 1.88 bits per heavy atom. The van der Waals surface area contributed by atoms with Crippen LogP contribution in [0.5, 0.6) is 5.75 Å². The molecular formula is C20H22N4O2. The molecule has 0 aliphatic heterocycles. The second-order valence-electron chi connectivity index (χ2n) is 5.97. The fourth-order valence-corrected chi connectivity index (χ4v) is 2.69. The zero-order valence-electron chi connectivity index (χ0n) is 14.9. The summed E-state index contributed by atoms with van der Waals surface area (Å²) in [7, 11) is 0. The lowest BCUT2D eigenvalue weighted by Gasteiger charge is -2.15. The summed E-state index contributed by atoms with van der Waals surface area (Å²) in [4.78, 5) is 16.2. The van der Waals surface area contributed by atoms with Crippen LogP contribution in [0.1, 0.15) is 31.0 Å². The number of benzene rings is 2. The molecule has 0 spiro atoms. The lowest BCUT2D eigenvalue weighted by molar-refractivity contribution is -0.121. The summed E-state index contributed by atoms with van der Waals surface area (Å²) in [5.41, 5.74) is 2.92. The van der Waals surface area contributed by atoms with Crippen molar-refractivity contribution in [1.82, 2.24) is 20.1 Å². The van der Waals surface area contributed by atoms with Gasteiger partial charge in [0, 0.05) is 0 Å². The van der Waals surface area contributed by atoms with Crippen molar-refractivity contribution in [3.05, 3.63) is 72.3 Å². The molecule has 0 fully saturated rings. The van der Waals surface area contributed by atoms with Crippen molar-refractivity contribution in [2.45, 2.75) is 26.3 Å². The lowest BCUT2D eigenvalue weighted by atomic mass is 10.1. The highest BCUT2D eigenvalue weighted by Crippen LogP contribution is 2.16. The Kier molecular flexibility index (Phi) is 5.63. The minimum Gasteiger partial charge on any atom is -0.494 e. The topological polar surface area (TPSA) is 69.0 Å². The van der Waals surface area contributed by atoms with Crippen LogP contribution in [0, 0.1) is 0 Å². The normalized spacial score (nSPS) is 11.8. The van der Waals surface area contributed by atoms with E-state index < -0.39 is 0 Å². The fraction of sp³-hybridized carbons (Fsp3) is 0.250. The summed E-state index contributed by atoms with van der Waals surface area (Å²) in [6.07, 6.45) is 3.49. The molecule has 1 amide bonds. The van der Waals surface area contributed by atoms with Crippen molar-refractivity contribution < 1.29 is 9.53 Å². The zero-order valence-corrected chi connectivity index (χ0v) is 14.9. The van der Waals surface area contributed by atoms with E-state index in [1.165, 1.54) is 6.33 Å². The van der Waals surface area contributed by atoms with E-state index in [9.17, 15) is 4.79 Å². The molecule has 26 heavy (non-hydrogen) atoms. The van der Waals surface area contributed by atoms with Crippen LogP contribution in [-0.4, -0.2) is 27.3 Å². The Labute approximate surface area is 152 Å². The van der Waals surface area contributed by atoms with E-state index in [-0.39, 0.29) is 11.9 Å². The number of nitrogens with zero attached hydrogens (tertiary/aromatic N) is 3. The zero-order chi connectivity index (χ0) is 18.4. The van der Waals surface area contributed by atoms with Crippen molar-refractivity contribution in [2.24, 2.45) is 0 Å². The SMILES string of the molecule is CCOc1ccc(CC(=O)N[C@@H](C)c2ccc(-n3cncn3)cc2)cc1. The molecule has 0 saturated heterocycles. The third-order valence-corrected chi connectivity index (χ3v) is 4.05. The molecule has 1 aromatic heterocycles. The molecule has 6 nitrogen and oxygen atoms in total. The Bertz CT molecular complexity index is 827. The number of carbonyl (C=O) groups excluding carboxylic acids is 1. The summed E-state index contributed by atoms with van der Waals surface area (Å²) in [6.45, 7) is 4.55. The van der Waals surface area contributed by atoms with Gasteiger partial charge in [0.1, 0.15) is 18.4 Å². The monoisotopic (exact) mass is 350 g/mol. The van der Waals surface area contributed by atoms with Crippen LogP contribution in [0.2, 0.25) is 0 Å². The number of amides is 1. The van der Waals surface area contributed by atoms with Crippen molar-refractivity contribution in [3.63, 3.8) is 0 Å². The maximum absolute atomic E-state index is 12.3. The van der Waals surface area contributed by atoms with Gasteiger partial charge in [0.05, 0.1) is 24.8 Å². The third kappa shape index (κ3) is 4.47. The molecule has 6 heteroatoms. The molecule has 0 aliphatic rings. The van der Waals surface area contributed by atoms with Crippen LogP contribution in [0.15, 0.2) is 61.2 Å². The number of hydrogen-bond donors (Lipinski definition) is 1. The summed E-state index contributed by atoms with van der Waals surface area (Å²) in [5.74, 6) is 0.805. The maximum Gasteiger partial charge on any atom is 0.224 e. The Morgan fingerprint density at radius 1 is 1.15 bits per heavy atom. The van der Waals surface area contributed by atoms with Crippen LogP contribution in [0.4, 0.5) is 0 Å². The van der Waals surface area contributed by atoms with E-state index in [2.05, 4.69) is 15.4 Å². The van der Waals surface area contributed by atoms with E-state index in [1.54, 1.807) is 11.0 Å². The number of rotatable bonds is 7. The average Bonchev–Trinajstić information content (AvgIpc) is 3.18. The first-order valence-corrected chi connectivity index (χ1v) is 8.61. The second kappa shape index (κ2) is 8.29. The number of aromatic nitrogens is 3. The van der Waals surface area contributed by atoms with Gasteiger partial charge in [-0.25, -0.2) is 9.67 Å². The molecule has 0 aliphatic carbocycles. The van der Waals surface area contributed by atoms with Gasteiger partial charge in [-0.1, -0.05) is 24.3 Å². The van der Waals surface area contributed by atoms with Crippen molar-refractivity contribution >= 4 is 5.91 Å². The van der Waals surface area contributed by atoms with Gasteiger partial charge in [0.2, 0.25) is 5.91 Å². The van der Waals surface area contributed by atoms with E-state index in [0.717, 1.165) is 22.6 Å². The lowest BCUT2D eigenvalue weighted by Crippen LogP contribution is -2.28. The standard InChI is InChI=1S/C20H22N4O2/c1-3-26-19-10-4-16(5-11-19)12-20(25)23-15(2)17-6-8-18(9-7-17)24-14-21-13-22-24/h4-11,13-15H,3,12H2,1-2H3,(H,23,25)/t15-/m0/s1. The van der Waals surface area contributed by atoms with Gasteiger partial charge in [-0.2, -0.15) is 5.10 Å². The van der Waals surface area contributed by atoms with Crippen molar-refractivity contribution in [2.75, 3.05) is 6.61 Å². The van der Waals surface area contributed by atoms with E-state index in [4.69, 9.17) is 4.74 Å². The molecule has 3 aromatic rings. The second-order valence-corrected chi connectivity index (χ2v) is 5.97. The predicted octanol–water partition coefficient (Wildman–Crippen LogP) is 3.09. The molecule has 3 rings (SSSR count). The van der Waals surface area contributed by atoms with Crippen molar-refractivity contribution in [1.29, 1.82) is 0 Å². The van der Waals surface area contributed by atoms with Crippen LogP contribution < -0.4 is 10.1 Å². The number of carbonyl (C=O) groups is 1. The predicted molar refractivity (Wildman–Crippen MR) is 99.2 cm³/mol. The summed E-state index contributed by atoms with van der Waals surface area (Å²) in [6, 6.07) is 15.4. The minimum absolute atomic E-state index is 0.0120. The molecule has 1 atom stereocenters. The Hall–Kier alpha value is -3.15. The fourth-order valence-electron chi connectivity index (χ4n) is 2.69. The molecule has 1 heterocycles. The first-order valence-electron chi connectivity index (χ1n) is 8.61. The van der Waals surface area contributed by atoms with Gasteiger partial charge in [-0.15, -0.1) is 0 Å². The molecule has 0 radical (unpaired) electrons. The smallest absolute Gasteiger partial charge is 0.224 e. The van der Waals surface area contributed by atoms with Gasteiger partial charge in [-0.3, -0.25) is 4.79 Å². The van der Waals surface area contributed by atoms with Crippen LogP contribution >= 0.6 is 0 Å². The molecule has 134 valence electrons. The van der Waals surface area contributed by atoms with E-state index in [0.29, 0.717) is 13.0 Å². The molecule has 2 aromatic carbocycles. The van der Waals surface area contributed by atoms with E-state index in [1.807, 2.05) is 62.4 Å². The largest absolute Gasteiger partial charge is 0.494 e. The quantitative estimate of drug-likeness (QED) is 0.711. The van der Waals surface area contributed by atoms with Gasteiger partial charge in [0.25, 0.3) is 0 Å². The summed E-state index contributed by atoms with van der Waals surface area (Å²) in [5, 5.41) is 7.13. The first kappa shape index (κ1) is 17.7. The highest BCUT2D eigenvalue weighted by molar-refractivity contribution is 5.79. The molecule has 0 saturated carbocycles. The Balaban J connectivity index is 1.56. The molecule has 1 N–H and O–H groups in total. The highest BCUT2D eigenvalue weighted by Gasteiger charge is 2.11. The molecule has 0 bridgehead atoms. The van der Waals surface area contributed by atoms with Gasteiger partial charge in [-0.05, 0) is 49.2 Å². The number of ether oxygens (including phenoxy) is 1. The third-order valence-electron chi connectivity index (χ3n) is 4.05. The first-order chi connectivity index (χ1) is 12.7. The summed E-state index contributed by atoms with van der Waals surface area (Å²) < 4.78 is 7.11. The van der Waals surface area contributed by atoms with Gasteiger partial charge < -0.3 is 10.1 Å². The highest BCUT2D eigenvalue weighted by atomic mass is 16.5. The van der Waals surface area contributed by atoms with Gasteiger partial charge >= 0.3 is 0 Å². The van der Waals surface area contributed by atoms with Crippen LogP contribution in [0.3, 0.4) is 0 Å². The minimum atomic E-state index is -0.0741. The maximum atomic E-state index is 12.3. The Morgan fingerprint density at radius 3 is 2.50 bits per heavy atom. The molecule has 0 unspecified atom stereocenters. The van der Waals surface area contributed by atoms with E-state index >= 15 is 0 Å². The van der Waals surface area contributed by atoms with Crippen LogP contribution in [-0.2, 0) is 11.2 Å². The number of nitrogens with one attached hydrogen (secondary N) is 1. The van der Waals surface area contributed by atoms with Crippen LogP contribution in [0.25, 0.3) is 5.69 Å². The van der Waals surface area contributed by atoms with Crippen molar-refractivity contribution in [3.8, 4) is 11.4 Å².